The van der Waals surface area contributed by atoms with E-state index in [1.165, 1.54) is 10.7 Å². The molecule has 0 saturated carbocycles. The van der Waals surface area contributed by atoms with Gasteiger partial charge in [-0.25, -0.2) is 4.68 Å². The van der Waals surface area contributed by atoms with Gasteiger partial charge in [-0.05, 0) is 42.0 Å². The normalized spacial score (nSPS) is 17.0. The van der Waals surface area contributed by atoms with Crippen molar-refractivity contribution in [1.29, 1.82) is 0 Å². The fourth-order valence-electron chi connectivity index (χ4n) is 3.29. The second-order valence-electron chi connectivity index (χ2n) is 6.65. The van der Waals surface area contributed by atoms with E-state index in [1.54, 1.807) is 19.4 Å². The lowest BCUT2D eigenvalue weighted by atomic mass is 10.1. The Morgan fingerprint density at radius 2 is 1.97 bits per heavy atom. The van der Waals surface area contributed by atoms with Crippen molar-refractivity contribution in [2.45, 2.75) is 18.9 Å². The molecule has 152 valence electrons. The summed E-state index contributed by atoms with van der Waals surface area (Å²) in [5, 5.41) is 8.24. The highest BCUT2D eigenvalue weighted by molar-refractivity contribution is 5.50. The Bertz CT molecular complexity index is 972. The number of methoxy groups -OCH3 is 1. The van der Waals surface area contributed by atoms with Crippen molar-refractivity contribution in [3.63, 3.8) is 0 Å². The molecule has 6 nitrogen and oxygen atoms in total. The third kappa shape index (κ3) is 4.19. The van der Waals surface area contributed by atoms with Gasteiger partial charge in [0.25, 0.3) is 0 Å². The smallest absolute Gasteiger partial charge is 0.416 e. The van der Waals surface area contributed by atoms with Crippen LogP contribution in [0.1, 0.15) is 23.0 Å². The monoisotopic (exact) mass is 404 g/mol. The molecule has 1 aromatic heterocycles. The lowest BCUT2D eigenvalue weighted by Gasteiger charge is -2.23. The van der Waals surface area contributed by atoms with E-state index in [0.717, 1.165) is 23.6 Å². The molecule has 1 fully saturated rings. The third-order valence-electron chi connectivity index (χ3n) is 4.70. The van der Waals surface area contributed by atoms with Crippen LogP contribution >= 0.6 is 0 Å². The molecule has 0 radical (unpaired) electrons. The molecule has 9 heteroatoms. The van der Waals surface area contributed by atoms with Crippen LogP contribution in [0.15, 0.2) is 54.7 Å². The number of hydrogen-bond acceptors (Lipinski definition) is 5. The third-order valence-corrected chi connectivity index (χ3v) is 4.70. The molecule has 0 bridgehead atoms. The molecule has 1 aliphatic rings. The average Bonchev–Trinajstić information content (AvgIpc) is 3.37. The van der Waals surface area contributed by atoms with Gasteiger partial charge in [-0.1, -0.05) is 17.3 Å². The second-order valence-corrected chi connectivity index (χ2v) is 6.65. The van der Waals surface area contributed by atoms with E-state index in [0.29, 0.717) is 24.4 Å². The molecule has 0 N–H and O–H groups in total. The highest BCUT2D eigenvalue weighted by Crippen LogP contribution is 2.32. The quantitative estimate of drug-likeness (QED) is 0.646. The van der Waals surface area contributed by atoms with E-state index >= 15 is 0 Å². The summed E-state index contributed by atoms with van der Waals surface area (Å²) < 4.78 is 51.2. The predicted molar refractivity (Wildman–Crippen MR) is 99.6 cm³/mol. The maximum atomic E-state index is 12.9. The van der Waals surface area contributed by atoms with Crippen LogP contribution in [0.2, 0.25) is 0 Å². The van der Waals surface area contributed by atoms with Gasteiger partial charge in [-0.3, -0.25) is 0 Å². The molecule has 1 aliphatic heterocycles. The maximum Gasteiger partial charge on any atom is 0.416 e. The zero-order valence-corrected chi connectivity index (χ0v) is 15.6. The molecule has 2 heterocycles. The zero-order valence-electron chi connectivity index (χ0n) is 15.6. The van der Waals surface area contributed by atoms with Crippen LogP contribution in [-0.4, -0.2) is 35.3 Å². The zero-order chi connectivity index (χ0) is 20.4. The lowest BCUT2D eigenvalue weighted by Crippen LogP contribution is -2.23. The molecule has 4 rings (SSSR count). The molecular formula is C20H19F3N4O2. The molecule has 0 unspecified atom stereocenters. The first-order valence-electron chi connectivity index (χ1n) is 9.02. The van der Waals surface area contributed by atoms with Gasteiger partial charge in [-0.15, -0.1) is 5.10 Å². The van der Waals surface area contributed by atoms with Gasteiger partial charge in [0.1, 0.15) is 11.4 Å². The lowest BCUT2D eigenvalue weighted by molar-refractivity contribution is -0.137. The highest BCUT2D eigenvalue weighted by Gasteiger charge is 2.31. The molecule has 0 amide bonds. The van der Waals surface area contributed by atoms with E-state index in [-0.39, 0.29) is 6.54 Å². The van der Waals surface area contributed by atoms with E-state index < -0.39 is 18.0 Å². The van der Waals surface area contributed by atoms with Crippen LogP contribution in [-0.2, 0) is 17.5 Å². The van der Waals surface area contributed by atoms with Crippen LogP contribution in [0.4, 0.5) is 18.9 Å². The summed E-state index contributed by atoms with van der Waals surface area (Å²) in [5.41, 5.74) is 1.38. The summed E-state index contributed by atoms with van der Waals surface area (Å²) >= 11 is 0. The second kappa shape index (κ2) is 7.75. The SMILES string of the molecule is COc1ccc(N2CCO[C@@H]2c2cn(Cc3cccc(C(F)(F)F)c3)nn2)cc1. The Labute approximate surface area is 165 Å². The number of aromatic nitrogens is 3. The first kappa shape index (κ1) is 19.3. The largest absolute Gasteiger partial charge is 0.497 e. The molecule has 2 aromatic carbocycles. The van der Waals surface area contributed by atoms with E-state index in [9.17, 15) is 13.2 Å². The van der Waals surface area contributed by atoms with Crippen molar-refractivity contribution in [1.82, 2.24) is 15.0 Å². The fraction of sp³-hybridized carbons (Fsp3) is 0.300. The van der Waals surface area contributed by atoms with Crippen molar-refractivity contribution in [2.75, 3.05) is 25.2 Å². The number of ether oxygens (including phenoxy) is 2. The summed E-state index contributed by atoms with van der Waals surface area (Å²) in [5.74, 6) is 0.762. The van der Waals surface area contributed by atoms with Crippen molar-refractivity contribution in [2.24, 2.45) is 0 Å². The first-order chi connectivity index (χ1) is 13.9. The Kier molecular flexibility index (Phi) is 5.14. The number of benzene rings is 2. The molecule has 1 saturated heterocycles. The van der Waals surface area contributed by atoms with Crippen LogP contribution in [0.25, 0.3) is 0 Å². The minimum absolute atomic E-state index is 0.187. The number of hydrogen-bond donors (Lipinski definition) is 0. The minimum atomic E-state index is -4.37. The van der Waals surface area contributed by atoms with Crippen molar-refractivity contribution >= 4 is 5.69 Å². The van der Waals surface area contributed by atoms with Crippen LogP contribution in [0.5, 0.6) is 5.75 Å². The van der Waals surface area contributed by atoms with Gasteiger partial charge in [0.05, 0.1) is 32.0 Å². The predicted octanol–water partition coefficient (Wildman–Crippen LogP) is 3.89. The molecule has 29 heavy (non-hydrogen) atoms. The Morgan fingerprint density at radius 3 is 2.69 bits per heavy atom. The van der Waals surface area contributed by atoms with Crippen LogP contribution in [0.3, 0.4) is 0 Å². The molecular weight excluding hydrogens is 385 g/mol. The first-order valence-corrected chi connectivity index (χ1v) is 9.02. The van der Waals surface area contributed by atoms with Gasteiger partial charge < -0.3 is 14.4 Å². The van der Waals surface area contributed by atoms with Gasteiger partial charge >= 0.3 is 6.18 Å². The minimum Gasteiger partial charge on any atom is -0.497 e. The van der Waals surface area contributed by atoms with Gasteiger partial charge in [0.2, 0.25) is 0 Å². The summed E-state index contributed by atoms with van der Waals surface area (Å²) in [7, 11) is 1.61. The van der Waals surface area contributed by atoms with Gasteiger partial charge in [-0.2, -0.15) is 13.2 Å². The van der Waals surface area contributed by atoms with E-state index in [1.807, 2.05) is 24.3 Å². The summed E-state index contributed by atoms with van der Waals surface area (Å²) in [6.07, 6.45) is -3.08. The number of rotatable bonds is 5. The van der Waals surface area contributed by atoms with Crippen molar-refractivity contribution in [3.8, 4) is 5.75 Å². The average molecular weight is 404 g/mol. The maximum absolute atomic E-state index is 12.9. The molecule has 1 atom stereocenters. The van der Waals surface area contributed by atoms with Crippen LogP contribution in [0, 0.1) is 0 Å². The van der Waals surface area contributed by atoms with E-state index in [4.69, 9.17) is 9.47 Å². The summed E-state index contributed by atoms with van der Waals surface area (Å²) in [6.45, 7) is 1.42. The molecule has 3 aromatic rings. The van der Waals surface area contributed by atoms with Crippen molar-refractivity contribution < 1.29 is 22.6 Å². The van der Waals surface area contributed by atoms with Crippen LogP contribution < -0.4 is 9.64 Å². The number of halogens is 3. The number of alkyl halides is 3. The van der Waals surface area contributed by atoms with E-state index in [2.05, 4.69) is 15.2 Å². The number of nitrogens with zero attached hydrogens (tertiary/aromatic N) is 4. The molecule has 0 spiro atoms. The fourth-order valence-corrected chi connectivity index (χ4v) is 3.29. The highest BCUT2D eigenvalue weighted by atomic mass is 19.4. The Hall–Kier alpha value is -3.07. The van der Waals surface area contributed by atoms with Gasteiger partial charge in [0.15, 0.2) is 6.23 Å². The summed E-state index contributed by atoms with van der Waals surface area (Å²) in [6, 6.07) is 12.8. The Balaban J connectivity index is 1.51. The van der Waals surface area contributed by atoms with Gasteiger partial charge in [0, 0.05) is 12.2 Å². The van der Waals surface area contributed by atoms with Crippen molar-refractivity contribution in [3.05, 3.63) is 71.5 Å². The summed E-state index contributed by atoms with van der Waals surface area (Å²) in [4.78, 5) is 2.05. The topological polar surface area (TPSA) is 52.4 Å². The standard InChI is InChI=1S/C20H19F3N4O2/c1-28-17-7-5-16(6-8-17)27-9-10-29-19(27)18-13-26(25-24-18)12-14-3-2-4-15(11-14)20(21,22)23/h2-8,11,13,19H,9-10,12H2,1H3/t19-/m1/s1. The molecule has 0 aliphatic carbocycles. The Morgan fingerprint density at radius 1 is 1.17 bits per heavy atom. The number of anilines is 1.